The average molecular weight is 249 g/mol. The van der Waals surface area contributed by atoms with Crippen molar-refractivity contribution in [3.8, 4) is 0 Å². The number of nitrogens with one attached hydrogen (secondary N) is 1. The average Bonchev–Trinajstić information content (AvgIpc) is 2.20. The Bertz CT molecular complexity index is 286. The highest BCUT2D eigenvalue weighted by Crippen LogP contribution is 2.15. The molecule has 1 unspecified atom stereocenters. The molecule has 0 aromatic rings. The second kappa shape index (κ2) is 5.98. The Kier molecular flexibility index (Phi) is 5.21. The fraction of sp³-hybridized carbons (Fsp3) is 1.00. The first-order valence-corrected chi connectivity index (χ1v) is 7.84. The molecule has 1 aliphatic heterocycles. The minimum atomic E-state index is -2.77. The Morgan fingerprint density at radius 3 is 2.31 bits per heavy atom. The van der Waals surface area contributed by atoms with Gasteiger partial charge >= 0.3 is 0 Å². The quantitative estimate of drug-likeness (QED) is 0.747. The van der Waals surface area contributed by atoms with Gasteiger partial charge in [0.2, 0.25) is 0 Å². The van der Waals surface area contributed by atoms with Crippen molar-refractivity contribution in [2.75, 3.05) is 18.1 Å². The van der Waals surface area contributed by atoms with E-state index in [2.05, 4.69) is 19.2 Å². The van der Waals surface area contributed by atoms with E-state index in [1.54, 1.807) is 0 Å². The van der Waals surface area contributed by atoms with Crippen molar-refractivity contribution < 1.29 is 13.5 Å². The van der Waals surface area contributed by atoms with E-state index in [0.717, 1.165) is 6.42 Å². The van der Waals surface area contributed by atoms with Gasteiger partial charge in [0, 0.05) is 18.7 Å². The molecule has 1 heterocycles. The molecule has 5 heteroatoms. The summed E-state index contributed by atoms with van der Waals surface area (Å²) in [6.07, 6.45) is 2.15. The summed E-state index contributed by atoms with van der Waals surface area (Å²) in [6.45, 7) is 4.42. The van der Waals surface area contributed by atoms with Gasteiger partial charge in [-0.05, 0) is 25.2 Å². The lowest BCUT2D eigenvalue weighted by atomic mass is 9.99. The smallest absolute Gasteiger partial charge is 0.150 e. The van der Waals surface area contributed by atoms with Crippen molar-refractivity contribution >= 4 is 9.84 Å². The molecule has 1 atom stereocenters. The molecule has 4 nitrogen and oxygen atoms in total. The van der Waals surface area contributed by atoms with E-state index >= 15 is 0 Å². The van der Waals surface area contributed by atoms with Gasteiger partial charge in [0.15, 0.2) is 0 Å². The number of hydrogen-bond acceptors (Lipinski definition) is 4. The van der Waals surface area contributed by atoms with Crippen molar-refractivity contribution in [2.45, 2.75) is 45.2 Å². The minimum Gasteiger partial charge on any atom is -0.396 e. The van der Waals surface area contributed by atoms with E-state index in [1.807, 2.05) is 0 Å². The number of rotatable bonds is 5. The SMILES string of the molecule is CC(C)C(CCO)NC1CCS(=O)(=O)CC1. The molecular formula is C11H23NO3S. The molecule has 0 amide bonds. The summed E-state index contributed by atoms with van der Waals surface area (Å²) in [7, 11) is -2.77. The van der Waals surface area contributed by atoms with Crippen LogP contribution in [0, 0.1) is 5.92 Å². The van der Waals surface area contributed by atoms with Crippen LogP contribution in [-0.2, 0) is 9.84 Å². The molecule has 1 fully saturated rings. The van der Waals surface area contributed by atoms with Crippen LogP contribution in [0.15, 0.2) is 0 Å². The highest BCUT2D eigenvalue weighted by molar-refractivity contribution is 7.91. The standard InChI is InChI=1S/C11H23NO3S/c1-9(2)11(3-6-13)12-10-4-7-16(14,15)8-5-10/h9-13H,3-8H2,1-2H3. The molecule has 0 saturated carbocycles. The number of aliphatic hydroxyl groups excluding tert-OH is 1. The Balaban J connectivity index is 2.42. The number of hydrogen-bond donors (Lipinski definition) is 2. The van der Waals surface area contributed by atoms with E-state index in [0.29, 0.717) is 36.3 Å². The lowest BCUT2D eigenvalue weighted by Gasteiger charge is -2.30. The predicted octanol–water partition coefficient (Wildman–Crippen LogP) is 0.560. The summed E-state index contributed by atoms with van der Waals surface area (Å²) < 4.78 is 22.5. The van der Waals surface area contributed by atoms with Gasteiger partial charge in [-0.2, -0.15) is 0 Å². The summed E-state index contributed by atoms with van der Waals surface area (Å²) in [5, 5.41) is 12.4. The van der Waals surface area contributed by atoms with Gasteiger partial charge in [0.25, 0.3) is 0 Å². The summed E-state index contributed by atoms with van der Waals surface area (Å²) >= 11 is 0. The summed E-state index contributed by atoms with van der Waals surface area (Å²) in [5.74, 6) is 1.06. The van der Waals surface area contributed by atoms with Gasteiger partial charge in [-0.15, -0.1) is 0 Å². The van der Waals surface area contributed by atoms with Crippen molar-refractivity contribution in [2.24, 2.45) is 5.92 Å². The molecule has 0 aromatic heterocycles. The largest absolute Gasteiger partial charge is 0.396 e. The Morgan fingerprint density at radius 2 is 1.88 bits per heavy atom. The van der Waals surface area contributed by atoms with Crippen LogP contribution in [0.5, 0.6) is 0 Å². The third-order valence-corrected chi connectivity index (χ3v) is 4.96. The van der Waals surface area contributed by atoms with Gasteiger partial charge in [-0.3, -0.25) is 0 Å². The first-order valence-electron chi connectivity index (χ1n) is 6.02. The molecule has 1 rings (SSSR count). The van der Waals surface area contributed by atoms with Crippen LogP contribution in [0.4, 0.5) is 0 Å². The minimum absolute atomic E-state index is 0.181. The predicted molar refractivity (Wildman–Crippen MR) is 65.1 cm³/mol. The molecule has 0 aromatic carbocycles. The fourth-order valence-corrected chi connectivity index (χ4v) is 3.60. The van der Waals surface area contributed by atoms with Crippen LogP contribution in [0.2, 0.25) is 0 Å². The van der Waals surface area contributed by atoms with Crippen LogP contribution in [-0.4, -0.2) is 43.7 Å². The Morgan fingerprint density at radius 1 is 1.31 bits per heavy atom. The molecule has 0 bridgehead atoms. The molecular weight excluding hydrogens is 226 g/mol. The normalized spacial score (nSPS) is 23.5. The maximum absolute atomic E-state index is 11.3. The lowest BCUT2D eigenvalue weighted by molar-refractivity contribution is 0.231. The van der Waals surface area contributed by atoms with E-state index in [-0.39, 0.29) is 12.6 Å². The zero-order valence-corrected chi connectivity index (χ0v) is 11.0. The van der Waals surface area contributed by atoms with Crippen molar-refractivity contribution in [3.63, 3.8) is 0 Å². The maximum Gasteiger partial charge on any atom is 0.150 e. The number of sulfone groups is 1. The van der Waals surface area contributed by atoms with Crippen molar-refractivity contribution in [1.29, 1.82) is 0 Å². The Hall–Kier alpha value is -0.130. The summed E-state index contributed by atoms with van der Waals surface area (Å²) in [4.78, 5) is 0. The highest BCUT2D eigenvalue weighted by atomic mass is 32.2. The fourth-order valence-electron chi connectivity index (χ4n) is 2.11. The zero-order valence-electron chi connectivity index (χ0n) is 10.1. The van der Waals surface area contributed by atoms with Crippen molar-refractivity contribution in [1.82, 2.24) is 5.32 Å². The first-order chi connectivity index (χ1) is 7.44. The van der Waals surface area contributed by atoms with Crippen LogP contribution >= 0.6 is 0 Å². The molecule has 2 N–H and O–H groups in total. The highest BCUT2D eigenvalue weighted by Gasteiger charge is 2.25. The van der Waals surface area contributed by atoms with E-state index in [4.69, 9.17) is 5.11 Å². The van der Waals surface area contributed by atoms with Crippen LogP contribution in [0.1, 0.15) is 33.1 Å². The third-order valence-electron chi connectivity index (χ3n) is 3.25. The zero-order chi connectivity index (χ0) is 12.2. The van der Waals surface area contributed by atoms with Gasteiger partial charge in [-0.25, -0.2) is 8.42 Å². The lowest BCUT2D eigenvalue weighted by Crippen LogP contribution is -2.45. The van der Waals surface area contributed by atoms with Gasteiger partial charge in [-0.1, -0.05) is 13.8 Å². The molecule has 0 aliphatic carbocycles. The van der Waals surface area contributed by atoms with Gasteiger partial charge in [0.1, 0.15) is 9.84 Å². The van der Waals surface area contributed by atoms with Crippen molar-refractivity contribution in [3.05, 3.63) is 0 Å². The molecule has 0 spiro atoms. The van der Waals surface area contributed by atoms with E-state index < -0.39 is 9.84 Å². The maximum atomic E-state index is 11.3. The Labute approximate surface area is 98.4 Å². The van der Waals surface area contributed by atoms with Crippen LogP contribution in [0.25, 0.3) is 0 Å². The topological polar surface area (TPSA) is 66.4 Å². The molecule has 16 heavy (non-hydrogen) atoms. The monoisotopic (exact) mass is 249 g/mol. The van der Waals surface area contributed by atoms with Crippen LogP contribution in [0.3, 0.4) is 0 Å². The second-order valence-electron chi connectivity index (χ2n) is 4.96. The summed E-state index contributed by atoms with van der Waals surface area (Å²) in [5.41, 5.74) is 0. The molecule has 96 valence electrons. The van der Waals surface area contributed by atoms with Gasteiger partial charge in [0.05, 0.1) is 11.5 Å². The van der Waals surface area contributed by atoms with E-state index in [9.17, 15) is 8.42 Å². The molecule has 0 radical (unpaired) electrons. The van der Waals surface area contributed by atoms with Gasteiger partial charge < -0.3 is 10.4 Å². The number of aliphatic hydroxyl groups is 1. The molecule has 1 aliphatic rings. The third kappa shape index (κ3) is 4.39. The molecule has 1 saturated heterocycles. The summed E-state index contributed by atoms with van der Waals surface area (Å²) in [6, 6.07) is 0.582. The van der Waals surface area contributed by atoms with E-state index in [1.165, 1.54) is 0 Å². The first kappa shape index (κ1) is 13.9. The second-order valence-corrected chi connectivity index (χ2v) is 7.26. The van der Waals surface area contributed by atoms with Crippen LogP contribution < -0.4 is 5.32 Å².